The van der Waals surface area contributed by atoms with Gasteiger partial charge in [-0.3, -0.25) is 4.79 Å². The summed E-state index contributed by atoms with van der Waals surface area (Å²) in [6.45, 7) is -0.609. The SMILES string of the molecule is O=C(NC(CC(F)F)C(=O)N[C@@H](CCO)C(=O)O)OCC1c2ccccc2-c2ccccc21. The number of amides is 2. The minimum atomic E-state index is -2.93. The van der Waals surface area contributed by atoms with E-state index in [-0.39, 0.29) is 18.9 Å². The Hall–Kier alpha value is -3.53. The minimum Gasteiger partial charge on any atom is -0.480 e. The summed E-state index contributed by atoms with van der Waals surface area (Å²) in [5.41, 5.74) is 3.95. The van der Waals surface area contributed by atoms with E-state index in [4.69, 9.17) is 14.9 Å². The summed E-state index contributed by atoms with van der Waals surface area (Å²) in [4.78, 5) is 35.8. The van der Waals surface area contributed by atoms with Crippen molar-refractivity contribution in [2.75, 3.05) is 13.2 Å². The number of fused-ring (bicyclic) bond motifs is 3. The summed E-state index contributed by atoms with van der Waals surface area (Å²) in [5, 5.41) is 22.1. The lowest BCUT2D eigenvalue weighted by atomic mass is 9.98. The van der Waals surface area contributed by atoms with Crippen LogP contribution in [0.3, 0.4) is 0 Å². The van der Waals surface area contributed by atoms with Crippen LogP contribution in [0.25, 0.3) is 11.1 Å². The largest absolute Gasteiger partial charge is 0.480 e. The molecule has 1 unspecified atom stereocenters. The van der Waals surface area contributed by atoms with Crippen LogP contribution in [0.2, 0.25) is 0 Å². The third kappa shape index (κ3) is 5.83. The van der Waals surface area contributed by atoms with Gasteiger partial charge in [0.25, 0.3) is 0 Å². The van der Waals surface area contributed by atoms with E-state index in [1.165, 1.54) is 0 Å². The van der Waals surface area contributed by atoms with E-state index in [2.05, 4.69) is 5.32 Å². The lowest BCUT2D eigenvalue weighted by Gasteiger charge is -2.21. The lowest BCUT2D eigenvalue weighted by molar-refractivity contribution is -0.142. The monoisotopic (exact) mass is 462 g/mol. The summed E-state index contributed by atoms with van der Waals surface area (Å²) in [5.74, 6) is -2.80. The number of carbonyl (C=O) groups is 3. The molecule has 0 heterocycles. The van der Waals surface area contributed by atoms with Crippen LogP contribution in [-0.2, 0) is 14.3 Å². The third-order valence-corrected chi connectivity index (χ3v) is 5.40. The fourth-order valence-corrected chi connectivity index (χ4v) is 3.85. The van der Waals surface area contributed by atoms with Gasteiger partial charge in [0.2, 0.25) is 12.3 Å². The number of carboxylic acid groups (broad SMARTS) is 1. The van der Waals surface area contributed by atoms with Crippen molar-refractivity contribution in [2.45, 2.75) is 37.3 Å². The van der Waals surface area contributed by atoms with Crippen LogP contribution in [0.5, 0.6) is 0 Å². The van der Waals surface area contributed by atoms with Crippen LogP contribution in [0, 0.1) is 0 Å². The quantitative estimate of drug-likeness (QED) is 0.430. The zero-order valence-corrected chi connectivity index (χ0v) is 17.5. The van der Waals surface area contributed by atoms with Crippen molar-refractivity contribution in [1.82, 2.24) is 10.6 Å². The highest BCUT2D eigenvalue weighted by Crippen LogP contribution is 2.44. The van der Waals surface area contributed by atoms with Crippen molar-refractivity contribution in [2.24, 2.45) is 0 Å². The molecule has 2 atom stereocenters. The standard InChI is InChI=1S/C23H24F2N2O6/c24-20(25)11-19(21(29)26-18(9-10-28)22(30)31)27-23(32)33-12-17-15-7-3-1-5-13(15)14-6-2-4-8-16(14)17/h1-8,17-20,28H,9-12H2,(H,26,29)(H,27,32)(H,30,31)/t18-,19?/m0/s1. The number of nitrogens with one attached hydrogen (secondary N) is 2. The first kappa shape index (κ1) is 24.1. The molecule has 0 saturated heterocycles. The molecule has 8 nitrogen and oxygen atoms in total. The second-order valence-corrected chi connectivity index (χ2v) is 7.56. The molecule has 1 aliphatic rings. The van der Waals surface area contributed by atoms with E-state index in [0.29, 0.717) is 0 Å². The number of aliphatic carboxylic acids is 1. The Kier molecular flexibility index (Phi) is 7.94. The van der Waals surface area contributed by atoms with Gasteiger partial charge in [-0.15, -0.1) is 0 Å². The third-order valence-electron chi connectivity index (χ3n) is 5.40. The van der Waals surface area contributed by atoms with Crippen LogP contribution in [0.15, 0.2) is 48.5 Å². The topological polar surface area (TPSA) is 125 Å². The van der Waals surface area contributed by atoms with E-state index in [1.807, 2.05) is 53.8 Å². The molecule has 0 spiro atoms. The fourth-order valence-electron chi connectivity index (χ4n) is 3.85. The van der Waals surface area contributed by atoms with E-state index in [0.717, 1.165) is 22.3 Å². The predicted molar refractivity (Wildman–Crippen MR) is 114 cm³/mol. The van der Waals surface area contributed by atoms with Crippen molar-refractivity contribution in [3.8, 4) is 11.1 Å². The van der Waals surface area contributed by atoms with Gasteiger partial charge in [-0.05, 0) is 22.3 Å². The number of hydrogen-bond donors (Lipinski definition) is 4. The molecule has 33 heavy (non-hydrogen) atoms. The maximum atomic E-state index is 13.0. The summed E-state index contributed by atoms with van der Waals surface area (Å²) in [6.07, 6.45) is -5.35. The molecule has 2 aromatic rings. The molecule has 0 radical (unpaired) electrons. The normalized spacial score (nSPS) is 14.2. The van der Waals surface area contributed by atoms with Gasteiger partial charge in [-0.1, -0.05) is 48.5 Å². The number of alkyl halides is 2. The van der Waals surface area contributed by atoms with Gasteiger partial charge in [0.05, 0.1) is 0 Å². The number of aliphatic hydroxyl groups excluding tert-OH is 1. The van der Waals surface area contributed by atoms with E-state index in [9.17, 15) is 23.2 Å². The number of alkyl carbamates (subject to hydrolysis) is 1. The van der Waals surface area contributed by atoms with Crippen LogP contribution in [0.4, 0.5) is 13.6 Å². The van der Waals surface area contributed by atoms with E-state index in [1.54, 1.807) is 0 Å². The first-order valence-electron chi connectivity index (χ1n) is 10.4. The maximum Gasteiger partial charge on any atom is 0.407 e. The molecule has 3 rings (SSSR count). The summed E-state index contributed by atoms with van der Waals surface area (Å²) < 4.78 is 31.2. The van der Waals surface area contributed by atoms with Gasteiger partial charge in [-0.25, -0.2) is 18.4 Å². The molecule has 0 aromatic heterocycles. The Morgan fingerprint density at radius 1 is 0.939 bits per heavy atom. The molecular weight excluding hydrogens is 438 g/mol. The summed E-state index contributed by atoms with van der Waals surface area (Å²) >= 11 is 0. The number of carbonyl (C=O) groups excluding carboxylic acids is 2. The highest BCUT2D eigenvalue weighted by atomic mass is 19.3. The highest BCUT2D eigenvalue weighted by Gasteiger charge is 2.31. The fraction of sp³-hybridized carbons (Fsp3) is 0.348. The van der Waals surface area contributed by atoms with Gasteiger partial charge in [0.15, 0.2) is 0 Å². The van der Waals surface area contributed by atoms with Crippen LogP contribution >= 0.6 is 0 Å². The zero-order chi connectivity index (χ0) is 24.0. The van der Waals surface area contributed by atoms with Gasteiger partial charge >= 0.3 is 12.1 Å². The molecule has 0 fully saturated rings. The number of hydrogen-bond acceptors (Lipinski definition) is 5. The Labute approximate surface area is 188 Å². The molecule has 1 aliphatic carbocycles. The number of ether oxygens (including phenoxy) is 1. The molecule has 0 bridgehead atoms. The van der Waals surface area contributed by atoms with Gasteiger partial charge < -0.3 is 25.6 Å². The summed E-state index contributed by atoms with van der Waals surface area (Å²) in [6, 6.07) is 12.1. The van der Waals surface area contributed by atoms with Crippen LogP contribution in [0.1, 0.15) is 29.9 Å². The van der Waals surface area contributed by atoms with Crippen molar-refractivity contribution in [3.05, 3.63) is 59.7 Å². The van der Waals surface area contributed by atoms with Crippen LogP contribution < -0.4 is 10.6 Å². The molecule has 0 aliphatic heterocycles. The average Bonchev–Trinajstić information content (AvgIpc) is 3.10. The van der Waals surface area contributed by atoms with E-state index >= 15 is 0 Å². The maximum absolute atomic E-state index is 13.0. The van der Waals surface area contributed by atoms with E-state index < -0.39 is 49.5 Å². The lowest BCUT2D eigenvalue weighted by Crippen LogP contribution is -2.52. The first-order chi connectivity index (χ1) is 15.8. The number of rotatable bonds is 10. The molecule has 10 heteroatoms. The second kappa shape index (κ2) is 10.9. The molecular formula is C23H24F2N2O6. The van der Waals surface area contributed by atoms with Crippen molar-refractivity contribution in [3.63, 3.8) is 0 Å². The van der Waals surface area contributed by atoms with Crippen molar-refractivity contribution < 1.29 is 38.1 Å². The summed E-state index contributed by atoms with van der Waals surface area (Å²) in [7, 11) is 0. The second-order valence-electron chi connectivity index (χ2n) is 7.56. The molecule has 176 valence electrons. The van der Waals surface area contributed by atoms with Gasteiger partial charge in [-0.2, -0.15) is 0 Å². The average molecular weight is 462 g/mol. The van der Waals surface area contributed by atoms with Gasteiger partial charge in [0, 0.05) is 25.4 Å². The highest BCUT2D eigenvalue weighted by molar-refractivity contribution is 5.89. The smallest absolute Gasteiger partial charge is 0.407 e. The first-order valence-corrected chi connectivity index (χ1v) is 10.4. The minimum absolute atomic E-state index is 0.0782. The number of aliphatic hydroxyl groups is 1. The Morgan fingerprint density at radius 3 is 2.03 bits per heavy atom. The number of benzene rings is 2. The van der Waals surface area contributed by atoms with Crippen molar-refractivity contribution in [1.29, 1.82) is 0 Å². The number of carboxylic acids is 1. The Morgan fingerprint density at radius 2 is 1.52 bits per heavy atom. The molecule has 0 saturated carbocycles. The Balaban J connectivity index is 1.66. The number of halogens is 2. The van der Waals surface area contributed by atoms with Gasteiger partial charge in [0.1, 0.15) is 18.7 Å². The molecule has 2 amide bonds. The predicted octanol–water partition coefficient (Wildman–Crippen LogP) is 2.50. The Bertz CT molecular complexity index is 970. The molecule has 4 N–H and O–H groups in total. The molecule has 2 aromatic carbocycles. The zero-order valence-electron chi connectivity index (χ0n) is 17.5. The van der Waals surface area contributed by atoms with Crippen molar-refractivity contribution >= 4 is 18.0 Å². The van der Waals surface area contributed by atoms with Crippen LogP contribution in [-0.4, -0.2) is 59.9 Å².